The Hall–Kier alpha value is -2.52. The maximum atomic E-state index is 12.7. The van der Waals surface area contributed by atoms with Crippen LogP contribution in [0.3, 0.4) is 0 Å². The predicted molar refractivity (Wildman–Crippen MR) is 91.8 cm³/mol. The lowest BCUT2D eigenvalue weighted by atomic mass is 10.3. The lowest BCUT2D eigenvalue weighted by Gasteiger charge is -2.11. The molecule has 27 heavy (non-hydrogen) atoms. The summed E-state index contributed by atoms with van der Waals surface area (Å²) in [5, 5.41) is 2.66. The van der Waals surface area contributed by atoms with Crippen LogP contribution >= 0.6 is 23.2 Å². The van der Waals surface area contributed by atoms with Crippen molar-refractivity contribution in [2.45, 2.75) is 12.7 Å². The van der Waals surface area contributed by atoms with Gasteiger partial charge < -0.3 is 14.6 Å². The molecule has 0 fully saturated rings. The number of carbonyl (C=O) groups is 2. The first-order valence-corrected chi connectivity index (χ1v) is 8.00. The molecule has 2 aromatic rings. The van der Waals surface area contributed by atoms with Crippen LogP contribution < -0.4 is 10.9 Å². The van der Waals surface area contributed by atoms with Crippen LogP contribution in [-0.2, 0) is 27.0 Å². The third-order valence-corrected chi connectivity index (χ3v) is 4.02. The molecule has 0 spiro atoms. The van der Waals surface area contributed by atoms with E-state index < -0.39 is 42.3 Å². The van der Waals surface area contributed by atoms with E-state index in [1.165, 1.54) is 18.2 Å². The van der Waals surface area contributed by atoms with Gasteiger partial charge in [0.2, 0.25) is 0 Å². The molecule has 0 aliphatic heterocycles. The van der Waals surface area contributed by atoms with Gasteiger partial charge in [-0.3, -0.25) is 14.4 Å². The number of esters is 1. The van der Waals surface area contributed by atoms with Crippen LogP contribution in [0, 0.1) is 0 Å². The Morgan fingerprint density at radius 2 is 1.85 bits per heavy atom. The van der Waals surface area contributed by atoms with Gasteiger partial charge in [0.25, 0.3) is 11.5 Å². The summed E-state index contributed by atoms with van der Waals surface area (Å²) in [5.41, 5.74) is -1.72. The van der Waals surface area contributed by atoms with E-state index in [4.69, 9.17) is 23.2 Å². The van der Waals surface area contributed by atoms with E-state index >= 15 is 0 Å². The standard InChI is InChI=1S/C16H11Cl2F3N2O4/c17-10-2-1-3-11(15(10)18)22-12(24)8-27-14(26)7-23-6-9(16(19,20)21)4-5-13(23)25/h1-6H,7-8H2,(H,22,24). The van der Waals surface area contributed by atoms with Gasteiger partial charge >= 0.3 is 12.1 Å². The summed E-state index contributed by atoms with van der Waals surface area (Å²) >= 11 is 11.7. The Balaban J connectivity index is 1.95. The highest BCUT2D eigenvalue weighted by Crippen LogP contribution is 2.29. The number of benzene rings is 1. The van der Waals surface area contributed by atoms with Crippen molar-refractivity contribution in [3.8, 4) is 0 Å². The third kappa shape index (κ3) is 5.73. The van der Waals surface area contributed by atoms with Gasteiger partial charge in [-0.05, 0) is 18.2 Å². The van der Waals surface area contributed by atoms with E-state index in [0.29, 0.717) is 22.9 Å². The van der Waals surface area contributed by atoms with E-state index in [1.54, 1.807) is 0 Å². The Morgan fingerprint density at radius 3 is 2.52 bits per heavy atom. The SMILES string of the molecule is O=C(COC(=O)Cn1cc(C(F)(F)F)ccc1=O)Nc1cccc(Cl)c1Cl. The van der Waals surface area contributed by atoms with Crippen molar-refractivity contribution in [1.82, 2.24) is 4.57 Å². The van der Waals surface area contributed by atoms with Crippen molar-refractivity contribution < 1.29 is 27.5 Å². The number of nitrogens with one attached hydrogen (secondary N) is 1. The van der Waals surface area contributed by atoms with Crippen molar-refractivity contribution in [3.05, 3.63) is 62.5 Å². The summed E-state index contributed by atoms with van der Waals surface area (Å²) in [6.45, 7) is -1.51. The molecule has 1 aromatic carbocycles. The molecule has 1 amide bonds. The quantitative estimate of drug-likeness (QED) is 0.749. The molecular formula is C16H11Cl2F3N2O4. The molecule has 144 valence electrons. The van der Waals surface area contributed by atoms with Gasteiger partial charge in [-0.25, -0.2) is 0 Å². The fourth-order valence-electron chi connectivity index (χ4n) is 1.94. The molecule has 1 aromatic heterocycles. The second kappa shape index (κ2) is 8.45. The van der Waals surface area contributed by atoms with Crippen molar-refractivity contribution in [2.75, 3.05) is 11.9 Å². The first kappa shape index (κ1) is 20.8. The molecule has 1 N–H and O–H groups in total. The number of halogens is 5. The van der Waals surface area contributed by atoms with Crippen LogP contribution in [0.25, 0.3) is 0 Å². The van der Waals surface area contributed by atoms with Gasteiger partial charge in [0.1, 0.15) is 6.54 Å². The number of anilines is 1. The van der Waals surface area contributed by atoms with Crippen molar-refractivity contribution in [3.63, 3.8) is 0 Å². The zero-order chi connectivity index (χ0) is 20.2. The number of rotatable bonds is 5. The highest BCUT2D eigenvalue weighted by Gasteiger charge is 2.31. The number of alkyl halides is 3. The summed E-state index contributed by atoms with van der Waals surface area (Å²) in [4.78, 5) is 35.1. The number of hydrogen-bond donors (Lipinski definition) is 1. The zero-order valence-corrected chi connectivity index (χ0v) is 14.9. The van der Waals surface area contributed by atoms with E-state index in [0.717, 1.165) is 0 Å². The highest BCUT2D eigenvalue weighted by atomic mass is 35.5. The number of ether oxygens (including phenoxy) is 1. The van der Waals surface area contributed by atoms with E-state index in [-0.39, 0.29) is 15.7 Å². The first-order valence-electron chi connectivity index (χ1n) is 7.25. The van der Waals surface area contributed by atoms with Crippen LogP contribution in [0.5, 0.6) is 0 Å². The van der Waals surface area contributed by atoms with Crippen LogP contribution in [0.15, 0.2) is 41.3 Å². The smallest absolute Gasteiger partial charge is 0.417 e. The molecule has 11 heteroatoms. The van der Waals surface area contributed by atoms with E-state index in [9.17, 15) is 27.6 Å². The second-order valence-corrected chi connectivity index (χ2v) is 5.98. The fraction of sp³-hybridized carbons (Fsp3) is 0.188. The van der Waals surface area contributed by atoms with Gasteiger partial charge in [0, 0.05) is 12.3 Å². The summed E-state index contributed by atoms with van der Waals surface area (Å²) in [6, 6.07) is 5.80. The van der Waals surface area contributed by atoms with Crippen molar-refractivity contribution in [2.24, 2.45) is 0 Å². The van der Waals surface area contributed by atoms with E-state index in [2.05, 4.69) is 10.1 Å². The molecule has 0 radical (unpaired) electrons. The second-order valence-electron chi connectivity index (χ2n) is 5.19. The molecule has 0 bridgehead atoms. The Morgan fingerprint density at radius 1 is 1.15 bits per heavy atom. The monoisotopic (exact) mass is 422 g/mol. The Bertz CT molecular complexity index is 929. The summed E-state index contributed by atoms with van der Waals surface area (Å²) < 4.78 is 43.2. The van der Waals surface area contributed by atoms with Crippen LogP contribution in [-0.4, -0.2) is 23.1 Å². The molecule has 1 heterocycles. The maximum Gasteiger partial charge on any atom is 0.417 e. The predicted octanol–water partition coefficient (Wildman–Crippen LogP) is 3.36. The maximum absolute atomic E-state index is 12.7. The molecule has 0 saturated heterocycles. The lowest BCUT2D eigenvalue weighted by molar-refractivity contribution is -0.148. The van der Waals surface area contributed by atoms with Crippen molar-refractivity contribution >= 4 is 40.8 Å². The Kier molecular flexibility index (Phi) is 6.50. The van der Waals surface area contributed by atoms with Gasteiger partial charge in [-0.2, -0.15) is 13.2 Å². The summed E-state index contributed by atoms with van der Waals surface area (Å²) in [5.74, 6) is -1.81. The molecule has 2 rings (SSSR count). The topological polar surface area (TPSA) is 77.4 Å². The molecule has 0 aliphatic rings. The Labute approximate surface area is 160 Å². The lowest BCUT2D eigenvalue weighted by Crippen LogP contribution is -2.28. The molecule has 0 aliphatic carbocycles. The largest absolute Gasteiger partial charge is 0.454 e. The van der Waals surface area contributed by atoms with E-state index in [1.807, 2.05) is 0 Å². The van der Waals surface area contributed by atoms with Gasteiger partial charge in [0.05, 0.1) is 21.3 Å². The average molecular weight is 423 g/mol. The van der Waals surface area contributed by atoms with Gasteiger partial charge in [-0.1, -0.05) is 29.3 Å². The fourth-order valence-corrected chi connectivity index (χ4v) is 2.29. The number of hydrogen-bond acceptors (Lipinski definition) is 4. The summed E-state index contributed by atoms with van der Waals surface area (Å²) in [6.07, 6.45) is -4.18. The highest BCUT2D eigenvalue weighted by molar-refractivity contribution is 6.44. The average Bonchev–Trinajstić information content (AvgIpc) is 2.58. The van der Waals surface area contributed by atoms with Crippen LogP contribution in [0.2, 0.25) is 10.0 Å². The minimum absolute atomic E-state index is 0.0920. The van der Waals surface area contributed by atoms with Crippen LogP contribution in [0.1, 0.15) is 5.56 Å². The minimum Gasteiger partial charge on any atom is -0.454 e. The number of aromatic nitrogens is 1. The first-order chi connectivity index (χ1) is 12.6. The van der Waals surface area contributed by atoms with Crippen LogP contribution in [0.4, 0.5) is 18.9 Å². The zero-order valence-electron chi connectivity index (χ0n) is 13.3. The van der Waals surface area contributed by atoms with Gasteiger partial charge in [0.15, 0.2) is 6.61 Å². The van der Waals surface area contributed by atoms with Gasteiger partial charge in [-0.15, -0.1) is 0 Å². The normalized spacial score (nSPS) is 11.1. The molecule has 6 nitrogen and oxygen atoms in total. The molecule has 0 saturated carbocycles. The minimum atomic E-state index is -4.67. The molecular weight excluding hydrogens is 412 g/mol. The number of amides is 1. The summed E-state index contributed by atoms with van der Waals surface area (Å²) in [7, 11) is 0. The molecule has 0 unspecified atom stereocenters. The number of nitrogens with zero attached hydrogens (tertiary/aromatic N) is 1. The molecule has 0 atom stereocenters. The number of carbonyl (C=O) groups excluding carboxylic acids is 2. The third-order valence-electron chi connectivity index (χ3n) is 3.20. The number of pyridine rings is 1. The van der Waals surface area contributed by atoms with Crippen molar-refractivity contribution in [1.29, 1.82) is 0 Å².